The molecule has 2 unspecified atom stereocenters. The van der Waals surface area contributed by atoms with Gasteiger partial charge in [0.2, 0.25) is 5.95 Å². The van der Waals surface area contributed by atoms with Crippen LogP contribution in [0.15, 0.2) is 22.4 Å². The number of aliphatic hydroxyl groups excluding tert-OH is 1. The third-order valence-corrected chi connectivity index (χ3v) is 10.5. The van der Waals surface area contributed by atoms with E-state index in [1.54, 1.807) is 0 Å². The van der Waals surface area contributed by atoms with Crippen LogP contribution in [0.4, 0.5) is 16.2 Å². The van der Waals surface area contributed by atoms with Crippen molar-refractivity contribution in [3.8, 4) is 0 Å². The highest BCUT2D eigenvalue weighted by atomic mass is 32.5. The van der Waals surface area contributed by atoms with E-state index in [2.05, 4.69) is 24.9 Å². The van der Waals surface area contributed by atoms with Crippen LogP contribution in [0.3, 0.4) is 0 Å². The maximum absolute atomic E-state index is 16.0. The summed E-state index contributed by atoms with van der Waals surface area (Å²) in [7, 11) is 0. The number of hydrogen-bond acceptors (Lipinski definition) is 16. The van der Waals surface area contributed by atoms with Crippen LogP contribution in [-0.2, 0) is 51.2 Å². The number of aromatic amines is 1. The number of alkyl halides is 1. The predicted octanol–water partition coefficient (Wildman–Crippen LogP) is -0.368. The number of nitrogens with two attached hydrogens (primary N) is 1. The molecule has 0 aliphatic carbocycles. The van der Waals surface area contributed by atoms with Crippen LogP contribution < -0.4 is 11.3 Å². The van der Waals surface area contributed by atoms with E-state index in [-0.39, 0.29) is 40.8 Å². The maximum Gasteiger partial charge on any atom is 0.325 e. The fraction of sp³-hybridized carbons (Fsp3) is 0.524. The Kier molecular flexibility index (Phi) is 7.88. The van der Waals surface area contributed by atoms with Crippen LogP contribution in [0.1, 0.15) is 29.4 Å². The summed E-state index contributed by atoms with van der Waals surface area (Å²) in [4.78, 5) is 65.1. The number of rotatable bonds is 2. The van der Waals surface area contributed by atoms with Crippen molar-refractivity contribution < 1.29 is 51.6 Å². The maximum atomic E-state index is 16.0. The van der Waals surface area contributed by atoms with Gasteiger partial charge in [0, 0.05) is 12.6 Å². The molecule has 3 fully saturated rings. The number of nitrogens with zero attached hydrogens (tertiary/aromatic N) is 6. The lowest BCUT2D eigenvalue weighted by molar-refractivity contribution is -0.0604. The summed E-state index contributed by atoms with van der Waals surface area (Å²) >= 11 is 10.4. The molecule has 3 saturated heterocycles. The highest BCUT2D eigenvalue weighted by molar-refractivity contribution is 8.07. The molecule has 24 heteroatoms. The molecule has 0 saturated carbocycles. The Bertz CT molecular complexity index is 1870. The van der Waals surface area contributed by atoms with Gasteiger partial charge in [0.15, 0.2) is 47.1 Å². The second-order valence-electron chi connectivity index (χ2n) is 10.3. The number of anilines is 1. The smallest absolute Gasteiger partial charge is 0.325 e. The first-order valence-electron chi connectivity index (χ1n) is 13.1. The third-order valence-electron chi connectivity index (χ3n) is 7.41. The number of nitrogens with one attached hydrogen (secondary N) is 1. The number of carbonyl (C=O) groups excluding carboxylic acids is 1. The number of carbonyl (C=O) groups is 1. The molecular weight excluding hydrogens is 685 g/mol. The zero-order valence-corrected chi connectivity index (χ0v) is 25.9. The van der Waals surface area contributed by atoms with Crippen molar-refractivity contribution in [3.05, 3.63) is 28.7 Å². The number of nitrogen functional groups attached to an aromatic ring is 1. The third kappa shape index (κ3) is 5.63. The van der Waals surface area contributed by atoms with Gasteiger partial charge in [0.1, 0.15) is 30.5 Å². The van der Waals surface area contributed by atoms with Crippen LogP contribution in [0, 0.1) is 0 Å². The van der Waals surface area contributed by atoms with Crippen LogP contribution in [0.25, 0.3) is 11.2 Å². The summed E-state index contributed by atoms with van der Waals surface area (Å²) in [5.74, 6) is -0.493. The first-order chi connectivity index (χ1) is 21.3. The Morgan fingerprint density at radius 1 is 1.00 bits per heavy atom. The minimum atomic E-state index is -4.28. The number of fused-ring (bicyclic) bond motifs is 5. The van der Waals surface area contributed by atoms with E-state index in [9.17, 15) is 24.5 Å². The normalized spacial score (nSPS) is 38.8. The highest BCUT2D eigenvalue weighted by Gasteiger charge is 2.53. The lowest BCUT2D eigenvalue weighted by atomic mass is 10.1. The van der Waals surface area contributed by atoms with Crippen molar-refractivity contribution in [3.63, 3.8) is 0 Å². The van der Waals surface area contributed by atoms with Gasteiger partial charge in [0.05, 0.1) is 25.9 Å². The second kappa shape index (κ2) is 11.4. The standard InChI is InChI=1S/C21H23FN8O11P2S2/c22-10-14-9(39-19(10)29-5-25-11-7(31)1-2-24-16(11)29)4-37-43(35,45)41-15-13(32)8(3-36-42(34,44)40-14)38-20(15)30-6-26-12-17(30)27-21(23)28-18(12)33/h2,5-6,8-10,13-15,19-20,32H,1,3-4H2,(H,34,44)(H,35,45)(H3,23,27,28,33)/t8-,9-,10-,13-,14-,15-,19-,20-,42?,43?/m1/s1. The first-order valence-corrected chi connectivity index (χ1v) is 18.3. The van der Waals surface area contributed by atoms with E-state index in [0.717, 1.165) is 0 Å². The molecular formula is C21H23FN8O11P2S2. The van der Waals surface area contributed by atoms with E-state index in [1.165, 1.54) is 28.0 Å². The summed E-state index contributed by atoms with van der Waals surface area (Å²) in [6.07, 6.45) is -8.39. The molecule has 0 aromatic carbocycles. The molecule has 7 rings (SSSR count). The molecule has 19 nitrogen and oxygen atoms in total. The second-order valence-corrected chi connectivity index (χ2v) is 15.9. The SMILES string of the molecule is Nc1nc2c(ncn2[C@@H]2O[C@@H]3COP(O)(=S)O[C@H]4[C@@H](F)[C@H](n5cnc6c5N=CCC6=O)O[C@@H]4COP(O)(=S)O[C@@H]2[C@@H]3O)c(=O)[nH]1. The molecule has 4 aliphatic rings. The van der Waals surface area contributed by atoms with Crippen LogP contribution in [0.2, 0.25) is 0 Å². The highest BCUT2D eigenvalue weighted by Crippen LogP contribution is 2.54. The number of aliphatic imine (C=N–C) groups is 1. The number of halogens is 1. The Hall–Kier alpha value is -2.43. The number of imidazole rings is 2. The fourth-order valence-electron chi connectivity index (χ4n) is 5.38. The van der Waals surface area contributed by atoms with Crippen molar-refractivity contribution in [2.45, 2.75) is 55.6 Å². The lowest BCUT2D eigenvalue weighted by Gasteiger charge is -2.27. The number of H-pyrrole nitrogens is 1. The van der Waals surface area contributed by atoms with Gasteiger partial charge in [-0.2, -0.15) is 4.98 Å². The van der Waals surface area contributed by atoms with Crippen LogP contribution >= 0.6 is 13.4 Å². The molecule has 6 N–H and O–H groups in total. The largest absolute Gasteiger partial charge is 0.387 e. The Morgan fingerprint density at radius 3 is 2.42 bits per heavy atom. The van der Waals surface area contributed by atoms with Crippen LogP contribution in [-0.4, -0.2) is 106 Å². The van der Waals surface area contributed by atoms with Gasteiger partial charge in [-0.1, -0.05) is 0 Å². The van der Waals surface area contributed by atoms with E-state index in [1.807, 2.05) is 0 Å². The fourth-order valence-corrected chi connectivity index (χ4v) is 8.23. The quantitative estimate of drug-likeness (QED) is 0.213. The molecule has 2 bridgehead atoms. The monoisotopic (exact) mass is 708 g/mol. The summed E-state index contributed by atoms with van der Waals surface area (Å²) in [6, 6.07) is 0. The summed E-state index contributed by atoms with van der Waals surface area (Å²) in [6.45, 7) is -9.78. The van der Waals surface area contributed by atoms with Crippen molar-refractivity contribution in [2.24, 2.45) is 4.99 Å². The summed E-state index contributed by atoms with van der Waals surface area (Å²) < 4.78 is 52.4. The number of ether oxygens (including phenoxy) is 2. The molecule has 10 atom stereocenters. The van der Waals surface area contributed by atoms with Crippen molar-refractivity contribution in [1.82, 2.24) is 29.1 Å². The Labute approximate surface area is 260 Å². The van der Waals surface area contributed by atoms with Crippen LogP contribution in [0.5, 0.6) is 0 Å². The molecule has 3 aromatic heterocycles. The first kappa shape index (κ1) is 31.2. The van der Waals surface area contributed by atoms with E-state index in [0.29, 0.717) is 0 Å². The van der Waals surface area contributed by atoms with Gasteiger partial charge in [-0.3, -0.25) is 32.8 Å². The van der Waals surface area contributed by atoms with E-state index >= 15 is 4.39 Å². The van der Waals surface area contributed by atoms with Crippen molar-refractivity contribution in [2.75, 3.05) is 18.9 Å². The minimum absolute atomic E-state index is 0.0271. The molecule has 0 amide bonds. The van der Waals surface area contributed by atoms with Gasteiger partial charge < -0.3 is 39.1 Å². The zero-order valence-electron chi connectivity index (χ0n) is 22.4. The van der Waals surface area contributed by atoms with E-state index < -0.39 is 81.4 Å². The van der Waals surface area contributed by atoms with E-state index in [4.69, 9.17) is 56.9 Å². The van der Waals surface area contributed by atoms with Gasteiger partial charge in [-0.25, -0.2) is 19.4 Å². The molecule has 0 spiro atoms. The number of aromatic nitrogens is 6. The van der Waals surface area contributed by atoms with Crippen molar-refractivity contribution in [1.29, 1.82) is 0 Å². The Morgan fingerprint density at radius 2 is 1.67 bits per heavy atom. The average molecular weight is 709 g/mol. The number of ketones is 1. The summed E-state index contributed by atoms with van der Waals surface area (Å²) in [5.41, 5.74) is 4.93. The summed E-state index contributed by atoms with van der Waals surface area (Å²) in [5, 5.41) is 11.1. The zero-order chi connectivity index (χ0) is 31.8. The van der Waals surface area contributed by atoms with Crippen molar-refractivity contribution >= 4 is 72.0 Å². The van der Waals surface area contributed by atoms with Gasteiger partial charge in [-0.05, 0) is 23.6 Å². The van der Waals surface area contributed by atoms with Gasteiger partial charge in [0.25, 0.3) is 5.56 Å². The lowest BCUT2D eigenvalue weighted by Crippen LogP contribution is -2.35. The minimum Gasteiger partial charge on any atom is -0.387 e. The molecule has 3 aromatic rings. The predicted molar refractivity (Wildman–Crippen MR) is 155 cm³/mol. The molecule has 7 heterocycles. The molecule has 45 heavy (non-hydrogen) atoms. The molecule has 4 aliphatic heterocycles. The topological polar surface area (TPSA) is 253 Å². The number of hydrogen-bond donors (Lipinski definition) is 5. The number of Topliss-reactive ketones (excluding diaryl/α,β-unsaturated/α-hetero) is 1. The Balaban J connectivity index is 1.20. The van der Waals surface area contributed by atoms with Gasteiger partial charge in [-0.15, -0.1) is 0 Å². The average Bonchev–Trinajstić information content (AvgIpc) is 3.72. The molecule has 242 valence electrons. The number of aliphatic hydroxyl groups is 1. The van der Waals surface area contributed by atoms with Gasteiger partial charge >= 0.3 is 13.4 Å². The molecule has 0 radical (unpaired) electrons.